The summed E-state index contributed by atoms with van der Waals surface area (Å²) in [5.74, 6) is 1.48. The van der Waals surface area contributed by atoms with E-state index in [1.54, 1.807) is 6.20 Å². The molecule has 0 saturated carbocycles. The number of nitrogens with one attached hydrogen (secondary N) is 1. The highest BCUT2D eigenvalue weighted by atomic mass is 35.5. The number of aromatic nitrogens is 2. The summed E-state index contributed by atoms with van der Waals surface area (Å²) in [6, 6.07) is 0. The Morgan fingerprint density at radius 1 is 1.47 bits per heavy atom. The van der Waals surface area contributed by atoms with Gasteiger partial charge in [0.25, 0.3) is 0 Å². The Labute approximate surface area is 107 Å². The average molecular weight is 255 g/mol. The molecular weight excluding hydrogens is 236 g/mol. The van der Waals surface area contributed by atoms with Crippen LogP contribution in [0.25, 0.3) is 0 Å². The van der Waals surface area contributed by atoms with Crippen molar-refractivity contribution in [3.63, 3.8) is 0 Å². The second-order valence-electron chi connectivity index (χ2n) is 4.48. The van der Waals surface area contributed by atoms with Crippen molar-refractivity contribution >= 4 is 17.4 Å². The molecular formula is C12H19ClN4. The van der Waals surface area contributed by atoms with Crippen LogP contribution in [0.5, 0.6) is 0 Å². The molecule has 0 atom stereocenters. The highest BCUT2D eigenvalue weighted by Gasteiger charge is 2.18. The largest absolute Gasteiger partial charge is 0.368 e. The van der Waals surface area contributed by atoms with Gasteiger partial charge in [-0.3, -0.25) is 0 Å². The number of rotatable bonds is 4. The molecule has 94 valence electrons. The number of likely N-dealkylation sites (tertiary alicyclic amines) is 1. The van der Waals surface area contributed by atoms with Gasteiger partial charge in [0, 0.05) is 6.54 Å². The Kier molecular flexibility index (Phi) is 4.57. The second kappa shape index (κ2) is 6.17. The Balaban J connectivity index is 1.78. The van der Waals surface area contributed by atoms with E-state index in [4.69, 9.17) is 11.6 Å². The first-order valence-corrected chi connectivity index (χ1v) is 6.59. The number of hydrogen-bond acceptors (Lipinski definition) is 4. The van der Waals surface area contributed by atoms with Gasteiger partial charge < -0.3 is 10.2 Å². The van der Waals surface area contributed by atoms with Crippen LogP contribution < -0.4 is 5.32 Å². The van der Waals surface area contributed by atoms with Crippen molar-refractivity contribution in [2.75, 3.05) is 31.5 Å². The zero-order valence-electron chi connectivity index (χ0n) is 10.2. The summed E-state index contributed by atoms with van der Waals surface area (Å²) in [6.45, 7) is 6.76. The minimum atomic E-state index is 0.596. The number of nitrogens with zero attached hydrogens (tertiary/aromatic N) is 3. The topological polar surface area (TPSA) is 41.0 Å². The standard InChI is InChI=1S/C12H19ClN4/c1-2-17-5-3-10(4-6-17)7-15-12-11(13)8-14-9-16-12/h8-10H,2-7H2,1H3,(H,14,15,16). The van der Waals surface area contributed by atoms with E-state index >= 15 is 0 Å². The number of anilines is 1. The predicted octanol–water partition coefficient (Wildman–Crippen LogP) is 2.27. The lowest BCUT2D eigenvalue weighted by Crippen LogP contribution is -2.35. The van der Waals surface area contributed by atoms with Crippen LogP contribution in [0.1, 0.15) is 19.8 Å². The van der Waals surface area contributed by atoms with E-state index in [0.29, 0.717) is 5.02 Å². The summed E-state index contributed by atoms with van der Waals surface area (Å²) in [4.78, 5) is 10.5. The first-order chi connectivity index (χ1) is 8.29. The SMILES string of the molecule is CCN1CCC(CNc2ncncc2Cl)CC1. The van der Waals surface area contributed by atoms with Crippen molar-refractivity contribution in [3.05, 3.63) is 17.5 Å². The first kappa shape index (κ1) is 12.6. The van der Waals surface area contributed by atoms with Gasteiger partial charge in [-0.15, -0.1) is 0 Å². The third kappa shape index (κ3) is 3.54. The monoisotopic (exact) mass is 254 g/mol. The van der Waals surface area contributed by atoms with Gasteiger partial charge in [0.1, 0.15) is 17.2 Å². The first-order valence-electron chi connectivity index (χ1n) is 6.21. The smallest absolute Gasteiger partial charge is 0.148 e. The molecule has 1 aliphatic rings. The second-order valence-corrected chi connectivity index (χ2v) is 4.89. The molecule has 1 aliphatic heterocycles. The molecule has 1 N–H and O–H groups in total. The van der Waals surface area contributed by atoms with Crippen LogP contribution in [-0.2, 0) is 0 Å². The van der Waals surface area contributed by atoms with E-state index in [9.17, 15) is 0 Å². The van der Waals surface area contributed by atoms with Crippen molar-refractivity contribution in [1.82, 2.24) is 14.9 Å². The summed E-state index contributed by atoms with van der Waals surface area (Å²) in [5.41, 5.74) is 0. The lowest BCUT2D eigenvalue weighted by molar-refractivity contribution is 0.198. The van der Waals surface area contributed by atoms with Gasteiger partial charge in [-0.2, -0.15) is 0 Å². The van der Waals surface area contributed by atoms with Crippen LogP contribution in [0.2, 0.25) is 5.02 Å². The van der Waals surface area contributed by atoms with Gasteiger partial charge in [0.15, 0.2) is 0 Å². The normalized spacial score (nSPS) is 18.2. The number of halogens is 1. The fraction of sp³-hybridized carbons (Fsp3) is 0.667. The van der Waals surface area contributed by atoms with Crippen LogP contribution in [0.4, 0.5) is 5.82 Å². The van der Waals surface area contributed by atoms with Crippen LogP contribution in [-0.4, -0.2) is 41.0 Å². The van der Waals surface area contributed by atoms with E-state index in [-0.39, 0.29) is 0 Å². The van der Waals surface area contributed by atoms with Gasteiger partial charge in [0.05, 0.1) is 6.20 Å². The zero-order valence-corrected chi connectivity index (χ0v) is 11.0. The lowest BCUT2D eigenvalue weighted by atomic mass is 9.97. The molecule has 1 aromatic heterocycles. The predicted molar refractivity (Wildman–Crippen MR) is 70.4 cm³/mol. The van der Waals surface area contributed by atoms with Crippen LogP contribution >= 0.6 is 11.6 Å². The van der Waals surface area contributed by atoms with Crippen molar-refractivity contribution in [3.8, 4) is 0 Å². The highest BCUT2D eigenvalue weighted by molar-refractivity contribution is 6.32. The molecule has 0 amide bonds. The minimum Gasteiger partial charge on any atom is -0.368 e. The molecule has 2 rings (SSSR count). The maximum atomic E-state index is 5.99. The van der Waals surface area contributed by atoms with Gasteiger partial charge in [0.2, 0.25) is 0 Å². The summed E-state index contributed by atoms with van der Waals surface area (Å²) >= 11 is 5.99. The van der Waals surface area contributed by atoms with Gasteiger partial charge >= 0.3 is 0 Å². The Hall–Kier alpha value is -0.870. The van der Waals surface area contributed by atoms with E-state index in [0.717, 1.165) is 24.8 Å². The molecule has 0 radical (unpaired) electrons. The molecule has 0 spiro atoms. The maximum Gasteiger partial charge on any atom is 0.148 e. The average Bonchev–Trinajstić information content (AvgIpc) is 2.38. The maximum absolute atomic E-state index is 5.99. The number of piperidine rings is 1. The molecule has 0 aromatic carbocycles. The van der Waals surface area contributed by atoms with E-state index in [1.165, 1.54) is 32.3 Å². The molecule has 0 aliphatic carbocycles. The fourth-order valence-electron chi connectivity index (χ4n) is 2.19. The van der Waals surface area contributed by atoms with E-state index in [1.807, 2.05) is 0 Å². The van der Waals surface area contributed by atoms with Gasteiger partial charge in [-0.1, -0.05) is 18.5 Å². The zero-order chi connectivity index (χ0) is 12.1. The molecule has 4 nitrogen and oxygen atoms in total. The lowest BCUT2D eigenvalue weighted by Gasteiger charge is -2.31. The van der Waals surface area contributed by atoms with Crippen molar-refractivity contribution in [1.29, 1.82) is 0 Å². The fourth-order valence-corrected chi connectivity index (χ4v) is 2.36. The van der Waals surface area contributed by atoms with Crippen molar-refractivity contribution < 1.29 is 0 Å². The molecule has 1 aromatic rings. The molecule has 17 heavy (non-hydrogen) atoms. The van der Waals surface area contributed by atoms with Crippen LogP contribution in [0, 0.1) is 5.92 Å². The van der Waals surface area contributed by atoms with E-state index < -0.39 is 0 Å². The summed E-state index contributed by atoms with van der Waals surface area (Å²) < 4.78 is 0. The van der Waals surface area contributed by atoms with Crippen molar-refractivity contribution in [2.45, 2.75) is 19.8 Å². The quantitative estimate of drug-likeness (QED) is 0.895. The van der Waals surface area contributed by atoms with Crippen LogP contribution in [0.3, 0.4) is 0 Å². The van der Waals surface area contributed by atoms with Crippen LogP contribution in [0.15, 0.2) is 12.5 Å². The number of hydrogen-bond donors (Lipinski definition) is 1. The summed E-state index contributed by atoms with van der Waals surface area (Å²) in [5, 5.41) is 3.91. The molecule has 2 heterocycles. The summed E-state index contributed by atoms with van der Waals surface area (Å²) in [6.07, 6.45) is 5.65. The van der Waals surface area contributed by atoms with E-state index in [2.05, 4.69) is 27.1 Å². The highest BCUT2D eigenvalue weighted by Crippen LogP contribution is 2.20. The Morgan fingerprint density at radius 3 is 2.88 bits per heavy atom. The molecule has 1 saturated heterocycles. The Morgan fingerprint density at radius 2 is 2.24 bits per heavy atom. The molecule has 5 heteroatoms. The Bertz CT molecular complexity index is 350. The molecule has 0 unspecified atom stereocenters. The molecule has 0 bridgehead atoms. The third-order valence-electron chi connectivity index (χ3n) is 3.38. The van der Waals surface area contributed by atoms with Gasteiger partial charge in [-0.25, -0.2) is 9.97 Å². The third-order valence-corrected chi connectivity index (χ3v) is 3.66. The van der Waals surface area contributed by atoms with Gasteiger partial charge in [-0.05, 0) is 38.4 Å². The van der Waals surface area contributed by atoms with Crippen molar-refractivity contribution in [2.24, 2.45) is 5.92 Å². The summed E-state index contributed by atoms with van der Waals surface area (Å²) in [7, 11) is 0. The molecule has 1 fully saturated rings. The minimum absolute atomic E-state index is 0.596.